The van der Waals surface area contributed by atoms with Crippen LogP contribution in [0.15, 0.2) is 0 Å². The summed E-state index contributed by atoms with van der Waals surface area (Å²) in [5.74, 6) is 0. The molecule has 36 heavy (non-hydrogen) atoms. The highest BCUT2D eigenvalue weighted by atomic mass is 79.9. The van der Waals surface area contributed by atoms with Crippen LogP contribution in [0.3, 0.4) is 0 Å². The maximum atomic E-state index is 5.83. The minimum atomic E-state index is 0. The molecule has 2 rings (SSSR count). The second kappa shape index (κ2) is 19.7. The number of quaternary nitrogens is 4. The van der Waals surface area contributed by atoms with Gasteiger partial charge in [0, 0.05) is 25.7 Å². The molecule has 6 nitrogen and oxygen atoms in total. The van der Waals surface area contributed by atoms with Crippen LogP contribution in [0.4, 0.5) is 0 Å². The molecule has 0 aromatic rings. The van der Waals surface area contributed by atoms with Crippen LogP contribution in [0.1, 0.15) is 53.4 Å². The van der Waals surface area contributed by atoms with Crippen molar-refractivity contribution in [3.63, 3.8) is 0 Å². The van der Waals surface area contributed by atoms with Crippen molar-refractivity contribution in [3.05, 3.63) is 0 Å². The molecule has 0 unspecified atom stereocenters. The monoisotopic (exact) mass is 646 g/mol. The lowest BCUT2D eigenvalue weighted by atomic mass is 10.4. The van der Waals surface area contributed by atoms with Gasteiger partial charge >= 0.3 is 0 Å². The second-order valence-electron chi connectivity index (χ2n) is 12.2. The summed E-state index contributed by atoms with van der Waals surface area (Å²) >= 11 is 0. The molecule has 0 radical (unpaired) electrons. The van der Waals surface area contributed by atoms with Gasteiger partial charge in [0.05, 0.1) is 107 Å². The number of halogens is 2. The van der Waals surface area contributed by atoms with E-state index in [0.717, 1.165) is 48.5 Å². The third-order valence-electron chi connectivity index (χ3n) is 9.19. The molecule has 0 aromatic heterocycles. The van der Waals surface area contributed by atoms with E-state index in [1.54, 1.807) is 0 Å². The Kier molecular flexibility index (Phi) is 21.3. The lowest BCUT2D eigenvalue weighted by Gasteiger charge is -2.33. The normalized spacial score (nSPS) is 18.7. The molecule has 2 saturated heterocycles. The third-order valence-corrected chi connectivity index (χ3v) is 9.19. The summed E-state index contributed by atoms with van der Waals surface area (Å²) in [6.07, 6.45) is 5.64. The highest BCUT2D eigenvalue weighted by Crippen LogP contribution is 2.19. The lowest BCUT2D eigenvalue weighted by Crippen LogP contribution is -3.00. The molecule has 0 N–H and O–H groups in total. The van der Waals surface area contributed by atoms with Gasteiger partial charge in [-0.15, -0.1) is 0 Å². The lowest BCUT2D eigenvalue weighted by molar-refractivity contribution is -0.915. The standard InChI is InChI=1S/2C14H32N2O.2BrH/c2*1-5-15(3,4)11-13-17-14-12-16(6-2)9-7-8-10-16;;/h2*5-14H2,1-4H3;2*1H/q2*+2;;/p-2. The fraction of sp³-hybridized carbons (Fsp3) is 1.00. The van der Waals surface area contributed by atoms with E-state index in [0.29, 0.717) is 0 Å². The van der Waals surface area contributed by atoms with Crippen molar-refractivity contribution in [2.24, 2.45) is 0 Å². The van der Waals surface area contributed by atoms with E-state index >= 15 is 0 Å². The Balaban J connectivity index is 0. The zero-order valence-corrected chi connectivity index (χ0v) is 28.7. The Hall–Kier alpha value is 0.720. The van der Waals surface area contributed by atoms with Gasteiger partial charge in [-0.3, -0.25) is 0 Å². The minimum Gasteiger partial charge on any atom is -1.00 e. The van der Waals surface area contributed by atoms with Crippen molar-refractivity contribution in [2.75, 3.05) is 133 Å². The molecule has 0 atom stereocenters. The highest BCUT2D eigenvalue weighted by Gasteiger charge is 2.30. The smallest absolute Gasteiger partial charge is 0.102 e. The molecule has 0 saturated carbocycles. The summed E-state index contributed by atoms with van der Waals surface area (Å²) in [4.78, 5) is 0. The molecule has 8 heteroatoms. The van der Waals surface area contributed by atoms with Gasteiger partial charge in [0.1, 0.15) is 26.2 Å². The average Bonchev–Trinajstić information content (AvgIpc) is 3.50. The second-order valence-corrected chi connectivity index (χ2v) is 12.2. The molecule has 0 bridgehead atoms. The van der Waals surface area contributed by atoms with E-state index in [1.807, 2.05) is 0 Å². The average molecular weight is 649 g/mol. The summed E-state index contributed by atoms with van der Waals surface area (Å²) in [5.41, 5.74) is 0. The van der Waals surface area contributed by atoms with Crippen LogP contribution in [-0.2, 0) is 9.47 Å². The van der Waals surface area contributed by atoms with Crippen molar-refractivity contribution in [1.82, 2.24) is 0 Å². The van der Waals surface area contributed by atoms with Crippen LogP contribution >= 0.6 is 0 Å². The molecule has 2 fully saturated rings. The summed E-state index contributed by atoms with van der Waals surface area (Å²) in [5, 5.41) is 0. The van der Waals surface area contributed by atoms with E-state index in [1.165, 1.54) is 100 Å². The number of rotatable bonds is 16. The summed E-state index contributed by atoms with van der Waals surface area (Å²) < 4.78 is 16.4. The van der Waals surface area contributed by atoms with Gasteiger partial charge in [0.2, 0.25) is 0 Å². The van der Waals surface area contributed by atoms with Crippen LogP contribution in [0.5, 0.6) is 0 Å². The van der Waals surface area contributed by atoms with Gasteiger partial charge in [-0.1, -0.05) is 0 Å². The van der Waals surface area contributed by atoms with Crippen LogP contribution in [-0.4, -0.2) is 151 Å². The zero-order valence-electron chi connectivity index (χ0n) is 25.5. The first-order valence-corrected chi connectivity index (χ1v) is 14.6. The highest BCUT2D eigenvalue weighted by molar-refractivity contribution is 4.54. The molecule has 0 aliphatic carbocycles. The van der Waals surface area contributed by atoms with Crippen LogP contribution in [0.25, 0.3) is 0 Å². The molecule has 0 spiro atoms. The summed E-state index contributed by atoms with van der Waals surface area (Å²) in [6.45, 7) is 27.9. The van der Waals surface area contributed by atoms with Gasteiger partial charge in [-0.05, 0) is 27.7 Å². The maximum absolute atomic E-state index is 5.83. The fourth-order valence-electron chi connectivity index (χ4n) is 5.07. The van der Waals surface area contributed by atoms with Gasteiger partial charge < -0.3 is 61.4 Å². The van der Waals surface area contributed by atoms with E-state index in [-0.39, 0.29) is 34.0 Å². The molecule has 2 heterocycles. The molecule has 2 aliphatic rings. The first kappa shape index (κ1) is 38.9. The largest absolute Gasteiger partial charge is 1.00 e. The van der Waals surface area contributed by atoms with Crippen molar-refractivity contribution in [1.29, 1.82) is 0 Å². The number of likely N-dealkylation sites (N-methyl/N-ethyl adjacent to an activating group) is 4. The van der Waals surface area contributed by atoms with E-state index in [9.17, 15) is 0 Å². The molecule has 0 aromatic carbocycles. The van der Waals surface area contributed by atoms with Gasteiger partial charge in [0.25, 0.3) is 0 Å². The Morgan fingerprint density at radius 1 is 0.528 bits per heavy atom. The molecule has 0 amide bonds. The van der Waals surface area contributed by atoms with Crippen molar-refractivity contribution < 1.29 is 61.4 Å². The number of hydrogen-bond donors (Lipinski definition) is 0. The first-order valence-electron chi connectivity index (χ1n) is 14.6. The van der Waals surface area contributed by atoms with Crippen molar-refractivity contribution >= 4 is 0 Å². The van der Waals surface area contributed by atoms with Gasteiger partial charge in [-0.2, -0.15) is 0 Å². The molecular weight excluding hydrogens is 584 g/mol. The van der Waals surface area contributed by atoms with Crippen molar-refractivity contribution in [3.8, 4) is 0 Å². The van der Waals surface area contributed by atoms with E-state index in [2.05, 4.69) is 55.9 Å². The Bertz CT molecular complexity index is 478. The van der Waals surface area contributed by atoms with Crippen LogP contribution in [0.2, 0.25) is 0 Å². The Morgan fingerprint density at radius 3 is 1.08 bits per heavy atom. The van der Waals surface area contributed by atoms with Crippen molar-refractivity contribution in [2.45, 2.75) is 53.4 Å². The van der Waals surface area contributed by atoms with Gasteiger partial charge in [0.15, 0.2) is 0 Å². The number of nitrogens with zero attached hydrogens (tertiary/aromatic N) is 4. The third kappa shape index (κ3) is 15.3. The zero-order chi connectivity index (χ0) is 25.6. The minimum absolute atomic E-state index is 0. The van der Waals surface area contributed by atoms with E-state index in [4.69, 9.17) is 9.47 Å². The predicted molar refractivity (Wildman–Crippen MR) is 146 cm³/mol. The number of hydrogen-bond acceptors (Lipinski definition) is 2. The molecular formula is C28H64Br2N4O2+2. The summed E-state index contributed by atoms with van der Waals surface area (Å²) in [6, 6.07) is 0. The maximum Gasteiger partial charge on any atom is 0.102 e. The summed E-state index contributed by atoms with van der Waals surface area (Å²) in [7, 11) is 9.07. The number of likely N-dealkylation sites (tertiary alicyclic amines) is 2. The van der Waals surface area contributed by atoms with Crippen LogP contribution in [0, 0.1) is 0 Å². The van der Waals surface area contributed by atoms with Gasteiger partial charge in [-0.25, -0.2) is 0 Å². The first-order chi connectivity index (χ1) is 16.1. The quantitative estimate of drug-likeness (QED) is 0.136. The topological polar surface area (TPSA) is 18.5 Å². The van der Waals surface area contributed by atoms with Crippen LogP contribution < -0.4 is 34.0 Å². The Labute approximate surface area is 247 Å². The molecule has 2 aliphatic heterocycles. The fourth-order valence-corrected chi connectivity index (χ4v) is 5.07. The Morgan fingerprint density at radius 2 is 0.833 bits per heavy atom. The molecule has 220 valence electrons. The predicted octanol–water partition coefficient (Wildman–Crippen LogP) is -2.53. The van der Waals surface area contributed by atoms with E-state index < -0.39 is 0 Å². The number of ether oxygens (including phenoxy) is 2. The SMILES string of the molecule is CC[N+](C)(C)CCOCC[N+]1(CC)CCCC1.CC[N+](C)(C)CCOCC[N+]1(CC)CCCC1.[Br-].[Br-].